The fourth-order valence-corrected chi connectivity index (χ4v) is 3.25. The molecule has 0 saturated heterocycles. The number of hydrogen-bond donors (Lipinski definition) is 1. The maximum Gasteiger partial charge on any atom is 0.0435 e. The van der Waals surface area contributed by atoms with Crippen LogP contribution in [0.1, 0.15) is 51.5 Å². The van der Waals surface area contributed by atoms with E-state index in [1.807, 2.05) is 0 Å². The lowest BCUT2D eigenvalue weighted by atomic mass is 9.68. The van der Waals surface area contributed by atoms with Crippen molar-refractivity contribution in [2.24, 2.45) is 17.6 Å². The van der Waals surface area contributed by atoms with Crippen molar-refractivity contribution in [2.45, 2.75) is 51.5 Å². The van der Waals surface area contributed by atoms with Gasteiger partial charge in [-0.2, -0.15) is 0 Å². The van der Waals surface area contributed by atoms with E-state index >= 15 is 0 Å². The first-order chi connectivity index (χ1) is 8.16. The van der Waals surface area contributed by atoms with Crippen LogP contribution in [0.4, 0.5) is 0 Å². The number of nitrogens with two attached hydrogens (primary N) is 1. The Balaban J connectivity index is 2.19. The van der Waals surface area contributed by atoms with E-state index in [0.29, 0.717) is 5.92 Å². The zero-order valence-corrected chi connectivity index (χ0v) is 11.2. The van der Waals surface area contributed by atoms with Gasteiger partial charge in [-0.1, -0.05) is 57.0 Å². The molecule has 0 amide bonds. The van der Waals surface area contributed by atoms with E-state index in [0.717, 1.165) is 12.3 Å². The quantitative estimate of drug-likeness (QED) is 0.833. The Morgan fingerprint density at radius 2 is 1.71 bits per heavy atom. The number of benzene rings is 1. The molecule has 94 valence electrons. The molecule has 1 unspecified atom stereocenters. The smallest absolute Gasteiger partial charge is 0.0435 e. The molecule has 2 N–H and O–H groups in total. The van der Waals surface area contributed by atoms with E-state index < -0.39 is 0 Å². The minimum absolute atomic E-state index is 0.110. The summed E-state index contributed by atoms with van der Waals surface area (Å²) in [6.07, 6.45) is 6.31. The van der Waals surface area contributed by atoms with Crippen LogP contribution in [-0.2, 0) is 5.54 Å². The zero-order chi connectivity index (χ0) is 12.3. The maximum atomic E-state index is 6.74. The Labute approximate surface area is 105 Å². The van der Waals surface area contributed by atoms with Crippen LogP contribution in [0.25, 0.3) is 0 Å². The predicted molar refractivity (Wildman–Crippen MR) is 73.7 cm³/mol. The molecule has 1 aliphatic rings. The van der Waals surface area contributed by atoms with E-state index in [-0.39, 0.29) is 5.54 Å². The molecule has 0 aromatic heterocycles. The van der Waals surface area contributed by atoms with E-state index in [2.05, 4.69) is 44.2 Å². The first-order valence-corrected chi connectivity index (χ1v) is 7.01. The average Bonchev–Trinajstić information content (AvgIpc) is 2.40. The van der Waals surface area contributed by atoms with Crippen LogP contribution in [0.2, 0.25) is 0 Å². The Hall–Kier alpha value is -0.820. The molecule has 0 radical (unpaired) electrons. The van der Waals surface area contributed by atoms with Gasteiger partial charge in [0.1, 0.15) is 0 Å². The molecule has 1 fully saturated rings. The Kier molecular flexibility index (Phi) is 3.88. The molecule has 1 saturated carbocycles. The molecular weight excluding hydrogens is 206 g/mol. The third-order valence-corrected chi connectivity index (χ3v) is 4.64. The summed E-state index contributed by atoms with van der Waals surface area (Å²) in [6.45, 7) is 4.59. The van der Waals surface area contributed by atoms with Gasteiger partial charge in [0, 0.05) is 5.54 Å². The standard InChI is InChI=1S/C16H25N/c1-3-16(17,14-7-5-4-6-8-14)15-11-9-13(2)10-12-15/h4-8,13,15H,3,9-12,17H2,1-2H3. The van der Waals surface area contributed by atoms with Gasteiger partial charge in [0.25, 0.3) is 0 Å². The predicted octanol–water partition coefficient (Wildman–Crippen LogP) is 4.08. The number of rotatable bonds is 3. The molecule has 1 heteroatoms. The SMILES string of the molecule is CCC(N)(c1ccccc1)C1CCC(C)CC1. The van der Waals surface area contributed by atoms with Crippen LogP contribution in [0.3, 0.4) is 0 Å². The van der Waals surface area contributed by atoms with E-state index in [4.69, 9.17) is 5.73 Å². The first-order valence-electron chi connectivity index (χ1n) is 7.01. The minimum Gasteiger partial charge on any atom is -0.321 e. The van der Waals surface area contributed by atoms with Gasteiger partial charge < -0.3 is 5.73 Å². The Morgan fingerprint density at radius 3 is 2.24 bits per heavy atom. The lowest BCUT2D eigenvalue weighted by Gasteiger charge is -2.41. The summed E-state index contributed by atoms with van der Waals surface area (Å²) in [6, 6.07) is 10.7. The maximum absolute atomic E-state index is 6.74. The van der Waals surface area contributed by atoms with Crippen molar-refractivity contribution in [2.75, 3.05) is 0 Å². The highest BCUT2D eigenvalue weighted by atomic mass is 14.8. The van der Waals surface area contributed by atoms with Gasteiger partial charge >= 0.3 is 0 Å². The Morgan fingerprint density at radius 1 is 1.12 bits per heavy atom. The van der Waals surface area contributed by atoms with Crippen molar-refractivity contribution >= 4 is 0 Å². The van der Waals surface area contributed by atoms with E-state index in [1.54, 1.807) is 0 Å². The van der Waals surface area contributed by atoms with Gasteiger partial charge in [0.15, 0.2) is 0 Å². The Bertz CT molecular complexity index is 338. The highest BCUT2D eigenvalue weighted by Gasteiger charge is 2.36. The normalized spacial score (nSPS) is 28.6. The van der Waals surface area contributed by atoms with Crippen molar-refractivity contribution in [3.8, 4) is 0 Å². The fourth-order valence-electron chi connectivity index (χ4n) is 3.25. The third kappa shape index (κ3) is 2.55. The van der Waals surface area contributed by atoms with Crippen LogP contribution >= 0.6 is 0 Å². The zero-order valence-electron chi connectivity index (χ0n) is 11.2. The van der Waals surface area contributed by atoms with Gasteiger partial charge in [0.05, 0.1) is 0 Å². The summed E-state index contributed by atoms with van der Waals surface area (Å²) in [5, 5.41) is 0. The molecular formula is C16H25N. The summed E-state index contributed by atoms with van der Waals surface area (Å²) < 4.78 is 0. The summed E-state index contributed by atoms with van der Waals surface area (Å²) >= 11 is 0. The van der Waals surface area contributed by atoms with Gasteiger partial charge in [-0.3, -0.25) is 0 Å². The molecule has 0 spiro atoms. The molecule has 2 rings (SSSR count). The van der Waals surface area contributed by atoms with Gasteiger partial charge in [-0.25, -0.2) is 0 Å². The van der Waals surface area contributed by atoms with Crippen molar-refractivity contribution in [3.63, 3.8) is 0 Å². The fraction of sp³-hybridized carbons (Fsp3) is 0.625. The summed E-state index contributed by atoms with van der Waals surface area (Å²) in [5.74, 6) is 1.55. The van der Waals surface area contributed by atoms with Gasteiger partial charge in [0.2, 0.25) is 0 Å². The van der Waals surface area contributed by atoms with Crippen LogP contribution in [0.15, 0.2) is 30.3 Å². The molecule has 1 aromatic carbocycles. The van der Waals surface area contributed by atoms with Gasteiger partial charge in [-0.15, -0.1) is 0 Å². The van der Waals surface area contributed by atoms with E-state index in [1.165, 1.54) is 31.2 Å². The summed E-state index contributed by atoms with van der Waals surface area (Å²) in [4.78, 5) is 0. The van der Waals surface area contributed by atoms with Crippen LogP contribution in [0.5, 0.6) is 0 Å². The first kappa shape index (κ1) is 12.6. The van der Waals surface area contributed by atoms with Crippen molar-refractivity contribution in [1.29, 1.82) is 0 Å². The topological polar surface area (TPSA) is 26.0 Å². The largest absolute Gasteiger partial charge is 0.321 e. The third-order valence-electron chi connectivity index (χ3n) is 4.64. The van der Waals surface area contributed by atoms with Crippen LogP contribution < -0.4 is 5.73 Å². The molecule has 0 heterocycles. The molecule has 17 heavy (non-hydrogen) atoms. The highest BCUT2D eigenvalue weighted by molar-refractivity contribution is 5.25. The van der Waals surface area contributed by atoms with Crippen LogP contribution in [-0.4, -0.2) is 0 Å². The van der Waals surface area contributed by atoms with Crippen molar-refractivity contribution in [3.05, 3.63) is 35.9 Å². The summed E-state index contributed by atoms with van der Waals surface area (Å²) in [7, 11) is 0. The average molecular weight is 231 g/mol. The highest BCUT2D eigenvalue weighted by Crippen LogP contribution is 2.41. The van der Waals surface area contributed by atoms with Gasteiger partial charge in [-0.05, 0) is 36.7 Å². The molecule has 0 bridgehead atoms. The minimum atomic E-state index is -0.110. The monoisotopic (exact) mass is 231 g/mol. The summed E-state index contributed by atoms with van der Waals surface area (Å²) in [5.41, 5.74) is 7.95. The molecule has 0 aliphatic heterocycles. The molecule has 1 aromatic rings. The second-order valence-corrected chi connectivity index (χ2v) is 5.72. The molecule has 1 nitrogen and oxygen atoms in total. The second-order valence-electron chi connectivity index (χ2n) is 5.72. The van der Waals surface area contributed by atoms with E-state index in [9.17, 15) is 0 Å². The van der Waals surface area contributed by atoms with Crippen LogP contribution in [0, 0.1) is 11.8 Å². The second kappa shape index (κ2) is 5.22. The van der Waals surface area contributed by atoms with Crippen molar-refractivity contribution < 1.29 is 0 Å². The van der Waals surface area contributed by atoms with Crippen molar-refractivity contribution in [1.82, 2.24) is 0 Å². The number of hydrogen-bond acceptors (Lipinski definition) is 1. The molecule has 1 aliphatic carbocycles. The lowest BCUT2D eigenvalue weighted by molar-refractivity contribution is 0.173. The molecule has 1 atom stereocenters. The lowest BCUT2D eigenvalue weighted by Crippen LogP contribution is -2.45.